The first-order chi connectivity index (χ1) is 9.33. The molecule has 0 radical (unpaired) electrons. The largest absolute Gasteiger partial charge is 0.383 e. The Balaban J connectivity index is 2.02. The Morgan fingerprint density at radius 3 is 2.68 bits per heavy atom. The van der Waals surface area contributed by atoms with Crippen LogP contribution in [0.1, 0.15) is 24.2 Å². The maximum Gasteiger partial charge on any atom is 0.0587 e. The van der Waals surface area contributed by atoms with Gasteiger partial charge in [-0.2, -0.15) is 0 Å². The lowest BCUT2D eigenvalue weighted by atomic mass is 10.1. The summed E-state index contributed by atoms with van der Waals surface area (Å²) in [4.78, 5) is 0. The van der Waals surface area contributed by atoms with Crippen LogP contribution < -0.4 is 5.32 Å². The fourth-order valence-corrected chi connectivity index (χ4v) is 2.24. The first-order valence-corrected chi connectivity index (χ1v) is 6.73. The van der Waals surface area contributed by atoms with Gasteiger partial charge in [0.1, 0.15) is 0 Å². The van der Waals surface area contributed by atoms with Crippen molar-refractivity contribution in [3.63, 3.8) is 0 Å². The van der Waals surface area contributed by atoms with Crippen molar-refractivity contribution in [3.05, 3.63) is 59.9 Å². The Hall–Kier alpha value is -1.58. The Morgan fingerprint density at radius 2 is 1.95 bits per heavy atom. The van der Waals surface area contributed by atoms with Crippen molar-refractivity contribution in [3.8, 4) is 0 Å². The summed E-state index contributed by atoms with van der Waals surface area (Å²) < 4.78 is 7.35. The highest BCUT2D eigenvalue weighted by Gasteiger charge is 2.09. The van der Waals surface area contributed by atoms with Crippen molar-refractivity contribution < 1.29 is 4.74 Å². The van der Waals surface area contributed by atoms with Crippen LogP contribution in [0.5, 0.6) is 0 Å². The average Bonchev–Trinajstić information content (AvgIpc) is 2.92. The highest BCUT2D eigenvalue weighted by atomic mass is 16.5. The van der Waals surface area contributed by atoms with Gasteiger partial charge in [-0.25, -0.2) is 0 Å². The molecule has 0 fully saturated rings. The van der Waals surface area contributed by atoms with Crippen LogP contribution in [-0.2, 0) is 11.3 Å². The molecule has 1 unspecified atom stereocenters. The van der Waals surface area contributed by atoms with Gasteiger partial charge < -0.3 is 14.6 Å². The predicted molar refractivity (Wildman–Crippen MR) is 78.3 cm³/mol. The third-order valence-electron chi connectivity index (χ3n) is 3.36. The van der Waals surface area contributed by atoms with E-state index in [1.165, 1.54) is 11.3 Å². The lowest BCUT2D eigenvalue weighted by Crippen LogP contribution is -2.21. The number of nitrogens with one attached hydrogen (secondary N) is 1. The van der Waals surface area contributed by atoms with Gasteiger partial charge in [-0.3, -0.25) is 0 Å². The second-order valence-corrected chi connectivity index (χ2v) is 4.66. The molecule has 0 aliphatic rings. The van der Waals surface area contributed by atoms with Crippen LogP contribution in [0, 0.1) is 0 Å². The van der Waals surface area contributed by atoms with E-state index in [9.17, 15) is 0 Å². The van der Waals surface area contributed by atoms with Gasteiger partial charge in [-0.05, 0) is 24.6 Å². The van der Waals surface area contributed by atoms with E-state index in [1.807, 2.05) is 0 Å². The normalized spacial score (nSPS) is 12.5. The van der Waals surface area contributed by atoms with E-state index in [-0.39, 0.29) is 0 Å². The summed E-state index contributed by atoms with van der Waals surface area (Å²) in [5.74, 6) is 0. The molecule has 1 aromatic heterocycles. The summed E-state index contributed by atoms with van der Waals surface area (Å²) >= 11 is 0. The van der Waals surface area contributed by atoms with E-state index in [2.05, 4.69) is 65.5 Å². The number of hydrogen-bond acceptors (Lipinski definition) is 2. The van der Waals surface area contributed by atoms with E-state index in [0.29, 0.717) is 6.04 Å². The molecule has 1 N–H and O–H groups in total. The molecule has 1 aromatic carbocycles. The van der Waals surface area contributed by atoms with Crippen molar-refractivity contribution in [2.45, 2.75) is 19.5 Å². The van der Waals surface area contributed by atoms with Gasteiger partial charge in [-0.1, -0.05) is 30.3 Å². The van der Waals surface area contributed by atoms with E-state index >= 15 is 0 Å². The van der Waals surface area contributed by atoms with Gasteiger partial charge in [0.05, 0.1) is 12.6 Å². The van der Waals surface area contributed by atoms with Crippen LogP contribution >= 0.6 is 0 Å². The lowest BCUT2D eigenvalue weighted by Gasteiger charge is -2.18. The molecule has 0 aliphatic carbocycles. The number of methoxy groups -OCH3 is 1. The third kappa shape index (κ3) is 3.69. The first kappa shape index (κ1) is 13.8. The minimum atomic E-state index is 0.357. The van der Waals surface area contributed by atoms with Gasteiger partial charge in [0.15, 0.2) is 0 Å². The molecule has 19 heavy (non-hydrogen) atoms. The van der Waals surface area contributed by atoms with E-state index in [4.69, 9.17) is 4.74 Å². The van der Waals surface area contributed by atoms with Gasteiger partial charge in [0, 0.05) is 32.1 Å². The van der Waals surface area contributed by atoms with E-state index < -0.39 is 0 Å². The number of nitrogens with zero attached hydrogens (tertiary/aromatic N) is 1. The molecule has 0 amide bonds. The van der Waals surface area contributed by atoms with Crippen LogP contribution in [0.2, 0.25) is 0 Å². The van der Waals surface area contributed by atoms with Gasteiger partial charge in [0.2, 0.25) is 0 Å². The van der Waals surface area contributed by atoms with E-state index in [1.54, 1.807) is 7.11 Å². The maximum atomic E-state index is 5.04. The SMILES string of the molecule is COCCNCc1cccn1C(C)c1ccccc1. The predicted octanol–water partition coefficient (Wildman–Crippen LogP) is 2.83. The molecule has 0 aliphatic heterocycles. The molecule has 1 atom stereocenters. The molecule has 0 spiro atoms. The van der Waals surface area contributed by atoms with Gasteiger partial charge in [-0.15, -0.1) is 0 Å². The second kappa shape index (κ2) is 7.12. The molecule has 2 rings (SSSR count). The molecule has 0 saturated carbocycles. The summed E-state index contributed by atoms with van der Waals surface area (Å²) in [5, 5.41) is 3.39. The first-order valence-electron chi connectivity index (χ1n) is 6.73. The maximum absolute atomic E-state index is 5.04. The number of rotatable bonds is 7. The number of hydrogen-bond donors (Lipinski definition) is 1. The highest BCUT2D eigenvalue weighted by molar-refractivity contribution is 5.21. The van der Waals surface area contributed by atoms with Crippen LogP contribution in [0.25, 0.3) is 0 Å². The monoisotopic (exact) mass is 258 g/mol. The summed E-state index contributed by atoms with van der Waals surface area (Å²) in [6, 6.07) is 15.2. The van der Waals surface area contributed by atoms with Crippen molar-refractivity contribution in [2.75, 3.05) is 20.3 Å². The minimum absolute atomic E-state index is 0.357. The van der Waals surface area contributed by atoms with Crippen molar-refractivity contribution >= 4 is 0 Å². The summed E-state index contributed by atoms with van der Waals surface area (Å²) in [7, 11) is 1.72. The lowest BCUT2D eigenvalue weighted by molar-refractivity contribution is 0.199. The summed E-state index contributed by atoms with van der Waals surface area (Å²) in [6.07, 6.45) is 2.14. The van der Waals surface area contributed by atoms with Crippen LogP contribution in [0.4, 0.5) is 0 Å². The highest BCUT2D eigenvalue weighted by Crippen LogP contribution is 2.19. The summed E-state index contributed by atoms with van der Waals surface area (Å²) in [5.41, 5.74) is 2.63. The fraction of sp³-hybridized carbons (Fsp3) is 0.375. The quantitative estimate of drug-likeness (QED) is 0.773. The molecule has 2 aromatic rings. The van der Waals surface area contributed by atoms with Crippen molar-refractivity contribution in [2.24, 2.45) is 0 Å². The smallest absolute Gasteiger partial charge is 0.0587 e. The van der Waals surface area contributed by atoms with Gasteiger partial charge in [0.25, 0.3) is 0 Å². The molecular weight excluding hydrogens is 236 g/mol. The number of aromatic nitrogens is 1. The zero-order valence-corrected chi connectivity index (χ0v) is 11.7. The molecule has 1 heterocycles. The topological polar surface area (TPSA) is 26.2 Å². The Bertz CT molecular complexity index is 479. The third-order valence-corrected chi connectivity index (χ3v) is 3.36. The fourth-order valence-electron chi connectivity index (χ4n) is 2.24. The van der Waals surface area contributed by atoms with Crippen molar-refractivity contribution in [1.29, 1.82) is 0 Å². The number of ether oxygens (including phenoxy) is 1. The molecule has 3 heteroatoms. The van der Waals surface area contributed by atoms with Crippen molar-refractivity contribution in [1.82, 2.24) is 9.88 Å². The molecule has 3 nitrogen and oxygen atoms in total. The zero-order valence-electron chi connectivity index (χ0n) is 11.7. The second-order valence-electron chi connectivity index (χ2n) is 4.66. The van der Waals surface area contributed by atoms with Crippen LogP contribution in [0.15, 0.2) is 48.7 Å². The molecule has 0 bridgehead atoms. The Kier molecular flexibility index (Phi) is 5.19. The zero-order chi connectivity index (χ0) is 13.5. The van der Waals surface area contributed by atoms with Crippen LogP contribution in [-0.4, -0.2) is 24.8 Å². The van der Waals surface area contributed by atoms with Crippen LogP contribution in [0.3, 0.4) is 0 Å². The molecule has 102 valence electrons. The standard InChI is InChI=1S/C16H22N2O/c1-14(15-7-4-3-5-8-15)18-11-6-9-16(18)13-17-10-12-19-2/h3-9,11,14,17H,10,12-13H2,1-2H3. The Labute approximate surface area is 115 Å². The van der Waals surface area contributed by atoms with E-state index in [0.717, 1.165) is 19.7 Å². The average molecular weight is 258 g/mol. The number of benzene rings is 1. The minimum Gasteiger partial charge on any atom is -0.383 e. The van der Waals surface area contributed by atoms with Gasteiger partial charge >= 0.3 is 0 Å². The Morgan fingerprint density at radius 1 is 1.16 bits per heavy atom. The summed E-state index contributed by atoms with van der Waals surface area (Å²) in [6.45, 7) is 4.72. The molecular formula is C16H22N2O. The molecule has 0 saturated heterocycles.